The van der Waals surface area contributed by atoms with Crippen LogP contribution in [0, 0.1) is 0 Å². The number of likely N-dealkylation sites (N-methyl/N-ethyl adjacent to an activating group) is 1. The third-order valence-electron chi connectivity index (χ3n) is 3.83. The zero-order chi connectivity index (χ0) is 16.7. The largest absolute Gasteiger partial charge is 0.359 e. The minimum Gasteiger partial charge on any atom is -0.359 e. The molecule has 5 nitrogen and oxygen atoms in total. The molecule has 0 saturated carbocycles. The van der Waals surface area contributed by atoms with Gasteiger partial charge in [-0.2, -0.15) is 0 Å². The smallest absolute Gasteiger partial charge is 0.273 e. The maximum atomic E-state index is 12.0. The van der Waals surface area contributed by atoms with E-state index in [1.807, 2.05) is 39.1 Å². The van der Waals surface area contributed by atoms with Gasteiger partial charge in [0.2, 0.25) is 0 Å². The number of carbonyl (C=O) groups excluding carboxylic acids is 1. The molecule has 0 bridgehead atoms. The number of benzene rings is 1. The molecule has 1 heterocycles. The van der Waals surface area contributed by atoms with Gasteiger partial charge in [-0.1, -0.05) is 42.4 Å². The molecule has 0 aliphatic heterocycles. The quantitative estimate of drug-likeness (QED) is 0.814. The third kappa shape index (κ3) is 5.53. The first kappa shape index (κ1) is 17.2. The van der Waals surface area contributed by atoms with E-state index in [-0.39, 0.29) is 11.9 Å². The van der Waals surface area contributed by atoms with Crippen molar-refractivity contribution in [2.75, 3.05) is 13.6 Å². The van der Waals surface area contributed by atoms with E-state index in [2.05, 4.69) is 27.5 Å². The van der Waals surface area contributed by atoms with Gasteiger partial charge in [0.15, 0.2) is 11.5 Å². The number of aromatic nitrogens is 1. The van der Waals surface area contributed by atoms with E-state index < -0.39 is 0 Å². The highest BCUT2D eigenvalue weighted by atomic mass is 16.5. The van der Waals surface area contributed by atoms with Crippen molar-refractivity contribution in [1.82, 2.24) is 15.4 Å². The molecule has 1 aromatic carbocycles. The third-order valence-corrected chi connectivity index (χ3v) is 3.83. The molecule has 0 spiro atoms. The molecule has 23 heavy (non-hydrogen) atoms. The SMILES string of the molecule is CCC(C)NC(=O)c1cc(CN(C)CCc2ccccc2)on1. The summed E-state index contributed by atoms with van der Waals surface area (Å²) >= 11 is 0. The van der Waals surface area contributed by atoms with Crippen LogP contribution in [0.2, 0.25) is 0 Å². The molecule has 0 aliphatic carbocycles. The lowest BCUT2D eigenvalue weighted by Gasteiger charge is -2.14. The summed E-state index contributed by atoms with van der Waals surface area (Å²) in [4.78, 5) is 14.1. The van der Waals surface area contributed by atoms with Crippen LogP contribution in [-0.2, 0) is 13.0 Å². The molecule has 1 aromatic heterocycles. The van der Waals surface area contributed by atoms with Gasteiger partial charge in [0, 0.05) is 18.7 Å². The second-order valence-corrected chi connectivity index (χ2v) is 5.93. The molecule has 0 saturated heterocycles. The van der Waals surface area contributed by atoms with Gasteiger partial charge in [-0.05, 0) is 32.4 Å². The maximum absolute atomic E-state index is 12.0. The van der Waals surface area contributed by atoms with E-state index in [4.69, 9.17) is 4.52 Å². The van der Waals surface area contributed by atoms with Gasteiger partial charge in [-0.3, -0.25) is 9.69 Å². The summed E-state index contributed by atoms with van der Waals surface area (Å²) in [6.07, 6.45) is 1.87. The Balaban J connectivity index is 1.82. The first-order chi connectivity index (χ1) is 11.1. The Morgan fingerprint density at radius 2 is 2.09 bits per heavy atom. The first-order valence-corrected chi connectivity index (χ1v) is 8.07. The van der Waals surface area contributed by atoms with Crippen LogP contribution in [0.3, 0.4) is 0 Å². The van der Waals surface area contributed by atoms with E-state index in [0.29, 0.717) is 18.0 Å². The van der Waals surface area contributed by atoms with Crippen molar-refractivity contribution in [2.24, 2.45) is 0 Å². The summed E-state index contributed by atoms with van der Waals surface area (Å²) < 4.78 is 5.27. The van der Waals surface area contributed by atoms with Crippen LogP contribution < -0.4 is 5.32 Å². The lowest BCUT2D eigenvalue weighted by Crippen LogP contribution is -2.32. The van der Waals surface area contributed by atoms with E-state index in [9.17, 15) is 4.79 Å². The van der Waals surface area contributed by atoms with E-state index in [1.54, 1.807) is 6.07 Å². The Hall–Kier alpha value is -2.14. The molecular weight excluding hydrogens is 290 g/mol. The zero-order valence-corrected chi connectivity index (χ0v) is 14.1. The summed E-state index contributed by atoms with van der Waals surface area (Å²) in [6.45, 7) is 5.55. The number of rotatable bonds is 8. The van der Waals surface area contributed by atoms with Crippen molar-refractivity contribution >= 4 is 5.91 Å². The van der Waals surface area contributed by atoms with Gasteiger partial charge in [0.1, 0.15) is 0 Å². The fourth-order valence-corrected chi connectivity index (χ4v) is 2.20. The highest BCUT2D eigenvalue weighted by molar-refractivity contribution is 5.92. The minimum absolute atomic E-state index is 0.135. The predicted molar refractivity (Wildman–Crippen MR) is 90.2 cm³/mol. The fraction of sp³-hybridized carbons (Fsp3) is 0.444. The molecule has 0 radical (unpaired) electrons. The van der Waals surface area contributed by atoms with Crippen molar-refractivity contribution in [1.29, 1.82) is 0 Å². The topological polar surface area (TPSA) is 58.4 Å². The minimum atomic E-state index is -0.179. The monoisotopic (exact) mass is 315 g/mol. The summed E-state index contributed by atoms with van der Waals surface area (Å²) in [5.74, 6) is 0.524. The van der Waals surface area contributed by atoms with Crippen LogP contribution in [0.25, 0.3) is 0 Å². The second-order valence-electron chi connectivity index (χ2n) is 5.93. The summed E-state index contributed by atoms with van der Waals surface area (Å²) in [5, 5.41) is 6.75. The number of hydrogen-bond donors (Lipinski definition) is 1. The van der Waals surface area contributed by atoms with Gasteiger partial charge in [-0.15, -0.1) is 0 Å². The fourth-order valence-electron chi connectivity index (χ4n) is 2.20. The van der Waals surface area contributed by atoms with Crippen LogP contribution in [-0.4, -0.2) is 35.6 Å². The molecule has 1 amide bonds. The Morgan fingerprint density at radius 1 is 1.35 bits per heavy atom. The molecule has 0 aliphatic rings. The van der Waals surface area contributed by atoms with Gasteiger partial charge in [0.25, 0.3) is 5.91 Å². The summed E-state index contributed by atoms with van der Waals surface area (Å²) in [6, 6.07) is 12.2. The lowest BCUT2D eigenvalue weighted by atomic mass is 10.1. The van der Waals surface area contributed by atoms with Crippen LogP contribution >= 0.6 is 0 Å². The van der Waals surface area contributed by atoms with E-state index >= 15 is 0 Å². The molecule has 5 heteroatoms. The van der Waals surface area contributed by atoms with Gasteiger partial charge < -0.3 is 9.84 Å². The first-order valence-electron chi connectivity index (χ1n) is 8.07. The normalized spacial score (nSPS) is 12.3. The molecule has 2 rings (SSSR count). The average Bonchev–Trinajstić information content (AvgIpc) is 3.02. The predicted octanol–water partition coefficient (Wildman–Crippen LogP) is 2.88. The van der Waals surface area contributed by atoms with Crippen LogP contribution in [0.1, 0.15) is 42.1 Å². The Bertz CT molecular complexity index is 610. The molecule has 0 fully saturated rings. The van der Waals surface area contributed by atoms with Crippen LogP contribution in [0.4, 0.5) is 0 Å². The van der Waals surface area contributed by atoms with Crippen molar-refractivity contribution in [3.8, 4) is 0 Å². The molecule has 1 unspecified atom stereocenters. The van der Waals surface area contributed by atoms with Gasteiger partial charge >= 0.3 is 0 Å². The molecular formula is C18H25N3O2. The van der Waals surface area contributed by atoms with Gasteiger partial charge in [-0.25, -0.2) is 0 Å². The Labute approximate surface area is 137 Å². The molecule has 124 valence electrons. The maximum Gasteiger partial charge on any atom is 0.273 e. The Kier molecular flexibility index (Phi) is 6.35. The number of nitrogens with one attached hydrogen (secondary N) is 1. The van der Waals surface area contributed by atoms with Crippen molar-refractivity contribution in [3.05, 3.63) is 53.4 Å². The molecule has 1 atom stereocenters. The van der Waals surface area contributed by atoms with E-state index in [1.165, 1.54) is 5.56 Å². The summed E-state index contributed by atoms with van der Waals surface area (Å²) in [7, 11) is 2.03. The number of hydrogen-bond acceptors (Lipinski definition) is 4. The number of nitrogens with zero attached hydrogens (tertiary/aromatic N) is 2. The average molecular weight is 315 g/mol. The van der Waals surface area contributed by atoms with Crippen molar-refractivity contribution in [2.45, 2.75) is 39.3 Å². The van der Waals surface area contributed by atoms with Crippen molar-refractivity contribution in [3.63, 3.8) is 0 Å². The van der Waals surface area contributed by atoms with Gasteiger partial charge in [0.05, 0.1) is 6.54 Å². The second kappa shape index (κ2) is 8.48. The zero-order valence-electron chi connectivity index (χ0n) is 14.1. The highest BCUT2D eigenvalue weighted by Gasteiger charge is 2.15. The molecule has 1 N–H and O–H groups in total. The number of amides is 1. The standard InChI is InChI=1S/C18H25N3O2/c1-4-14(2)19-18(22)17-12-16(23-20-17)13-21(3)11-10-15-8-6-5-7-9-15/h5-9,12,14H,4,10-11,13H2,1-3H3,(H,19,22). The lowest BCUT2D eigenvalue weighted by molar-refractivity contribution is 0.0930. The van der Waals surface area contributed by atoms with Crippen LogP contribution in [0.15, 0.2) is 40.9 Å². The highest BCUT2D eigenvalue weighted by Crippen LogP contribution is 2.08. The van der Waals surface area contributed by atoms with Crippen molar-refractivity contribution < 1.29 is 9.32 Å². The number of carbonyl (C=O) groups is 1. The van der Waals surface area contributed by atoms with Crippen LogP contribution in [0.5, 0.6) is 0 Å². The molecule has 2 aromatic rings. The summed E-state index contributed by atoms with van der Waals surface area (Å²) in [5.41, 5.74) is 1.65. The van der Waals surface area contributed by atoms with E-state index in [0.717, 1.165) is 19.4 Å². The Morgan fingerprint density at radius 3 is 2.78 bits per heavy atom.